The summed E-state index contributed by atoms with van der Waals surface area (Å²) in [6.45, 7) is 2.23. The molecule has 0 aromatic heterocycles. The summed E-state index contributed by atoms with van der Waals surface area (Å²) in [6, 6.07) is 5.48. The molecule has 2 aromatic carbocycles. The summed E-state index contributed by atoms with van der Waals surface area (Å²) in [6.07, 6.45) is 13.5. The maximum Gasteiger partial charge on any atom is 0.159 e. The van der Waals surface area contributed by atoms with Crippen LogP contribution in [0.25, 0.3) is 0 Å². The molecule has 0 saturated heterocycles. The minimum absolute atomic E-state index is 0.106. The minimum atomic E-state index is -0.901. The van der Waals surface area contributed by atoms with Gasteiger partial charge in [-0.2, -0.15) is 0 Å². The third-order valence-electron chi connectivity index (χ3n) is 8.01. The SMILES string of the molecule is CCCCCCCC1CCC(c2cc(F)c(C3CCc4cc(F)c(F)cc4C3)c(F)c2)CC1. The summed E-state index contributed by atoms with van der Waals surface area (Å²) in [4.78, 5) is 0. The van der Waals surface area contributed by atoms with Crippen LogP contribution in [-0.4, -0.2) is 0 Å². The molecule has 2 aliphatic carbocycles. The second-order valence-electron chi connectivity index (χ2n) is 10.3. The lowest BCUT2D eigenvalue weighted by Crippen LogP contribution is -2.18. The Labute approximate surface area is 195 Å². The van der Waals surface area contributed by atoms with E-state index < -0.39 is 23.3 Å². The molecule has 0 spiro atoms. The summed E-state index contributed by atoms with van der Waals surface area (Å²) >= 11 is 0. The number of hydrogen-bond acceptors (Lipinski definition) is 0. The Balaban J connectivity index is 1.38. The fourth-order valence-electron chi connectivity index (χ4n) is 6.05. The highest BCUT2D eigenvalue weighted by molar-refractivity contribution is 5.37. The van der Waals surface area contributed by atoms with Crippen molar-refractivity contribution in [3.05, 3.63) is 69.8 Å². The number of rotatable bonds is 8. The summed E-state index contributed by atoms with van der Waals surface area (Å²) in [5.74, 6) is -2.10. The Morgan fingerprint density at radius 2 is 1.30 bits per heavy atom. The lowest BCUT2D eigenvalue weighted by atomic mass is 9.75. The lowest BCUT2D eigenvalue weighted by molar-refractivity contribution is 0.301. The van der Waals surface area contributed by atoms with E-state index in [1.165, 1.54) is 62.8 Å². The summed E-state index contributed by atoms with van der Waals surface area (Å²) in [5, 5.41) is 0. The first kappa shape index (κ1) is 24.3. The van der Waals surface area contributed by atoms with Crippen LogP contribution in [0.3, 0.4) is 0 Å². The van der Waals surface area contributed by atoms with E-state index in [9.17, 15) is 8.78 Å². The molecular weight excluding hydrogens is 424 g/mol. The molecule has 0 bridgehead atoms. The molecule has 33 heavy (non-hydrogen) atoms. The van der Waals surface area contributed by atoms with Crippen LogP contribution in [-0.2, 0) is 12.8 Å². The predicted molar refractivity (Wildman–Crippen MR) is 126 cm³/mol. The molecule has 0 radical (unpaired) electrons. The molecule has 0 amide bonds. The predicted octanol–water partition coefficient (Wildman–Crippen LogP) is 9.15. The number of hydrogen-bond donors (Lipinski definition) is 0. The van der Waals surface area contributed by atoms with E-state index in [0.29, 0.717) is 24.8 Å². The van der Waals surface area contributed by atoms with Crippen molar-refractivity contribution in [1.82, 2.24) is 0 Å². The monoisotopic (exact) mass is 460 g/mol. The van der Waals surface area contributed by atoms with Gasteiger partial charge < -0.3 is 0 Å². The zero-order valence-electron chi connectivity index (χ0n) is 19.7. The fourth-order valence-corrected chi connectivity index (χ4v) is 6.05. The molecule has 0 nitrogen and oxygen atoms in total. The zero-order valence-corrected chi connectivity index (χ0v) is 19.7. The van der Waals surface area contributed by atoms with E-state index in [-0.39, 0.29) is 17.4 Å². The third-order valence-corrected chi connectivity index (χ3v) is 8.01. The lowest BCUT2D eigenvalue weighted by Gasteiger charge is -2.30. The van der Waals surface area contributed by atoms with Crippen LogP contribution in [0.4, 0.5) is 17.6 Å². The van der Waals surface area contributed by atoms with Gasteiger partial charge in [0.15, 0.2) is 11.6 Å². The normalized spacial score (nSPS) is 22.9. The Morgan fingerprint density at radius 3 is 1.97 bits per heavy atom. The zero-order chi connectivity index (χ0) is 23.4. The second kappa shape index (κ2) is 11.1. The van der Waals surface area contributed by atoms with Gasteiger partial charge in [-0.15, -0.1) is 0 Å². The summed E-state index contributed by atoms with van der Waals surface area (Å²) in [7, 11) is 0. The number of unbranched alkanes of at least 4 members (excludes halogenated alkanes) is 4. The van der Waals surface area contributed by atoms with Crippen LogP contribution in [0.2, 0.25) is 0 Å². The molecular formula is C29H36F4. The summed E-state index contributed by atoms with van der Waals surface area (Å²) < 4.78 is 57.5. The van der Waals surface area contributed by atoms with Gasteiger partial charge in [-0.1, -0.05) is 45.4 Å². The number of fused-ring (bicyclic) bond motifs is 1. The maximum atomic E-state index is 15.1. The van der Waals surface area contributed by atoms with Crippen LogP contribution in [0, 0.1) is 29.2 Å². The van der Waals surface area contributed by atoms with Gasteiger partial charge in [0.25, 0.3) is 0 Å². The minimum Gasteiger partial charge on any atom is -0.207 e. The van der Waals surface area contributed by atoms with E-state index in [2.05, 4.69) is 6.92 Å². The van der Waals surface area contributed by atoms with Crippen molar-refractivity contribution in [2.45, 2.75) is 102 Å². The van der Waals surface area contributed by atoms with Crippen LogP contribution >= 0.6 is 0 Å². The third kappa shape index (κ3) is 5.81. The molecule has 1 atom stereocenters. The second-order valence-corrected chi connectivity index (χ2v) is 10.3. The van der Waals surface area contributed by atoms with Crippen molar-refractivity contribution >= 4 is 0 Å². The number of benzene rings is 2. The summed E-state index contributed by atoms with van der Waals surface area (Å²) in [5.41, 5.74) is 2.28. The highest BCUT2D eigenvalue weighted by atomic mass is 19.2. The van der Waals surface area contributed by atoms with Crippen molar-refractivity contribution in [3.8, 4) is 0 Å². The van der Waals surface area contributed by atoms with Gasteiger partial charge in [0, 0.05) is 5.56 Å². The Hall–Kier alpha value is -1.84. The molecule has 4 rings (SSSR count). The first-order chi connectivity index (χ1) is 16.0. The molecule has 4 heteroatoms. The Bertz CT molecular complexity index is 920. The molecule has 2 aromatic rings. The van der Waals surface area contributed by atoms with E-state index in [1.807, 2.05) is 0 Å². The van der Waals surface area contributed by atoms with Gasteiger partial charge in [-0.3, -0.25) is 0 Å². The number of aryl methyl sites for hydroxylation is 1. The van der Waals surface area contributed by atoms with E-state index >= 15 is 8.78 Å². The molecule has 2 aliphatic rings. The Kier molecular flexibility index (Phi) is 8.14. The maximum absolute atomic E-state index is 15.1. The van der Waals surface area contributed by atoms with Crippen molar-refractivity contribution in [2.75, 3.05) is 0 Å². The standard InChI is InChI=1S/C29H36F4/c1-2-3-4-5-6-7-19-8-10-20(11-9-19)24-17-27(32)29(28(33)18-24)22-13-12-21-15-25(30)26(31)16-23(21)14-22/h15-20,22H,2-14H2,1H3. The van der Waals surface area contributed by atoms with Crippen LogP contribution < -0.4 is 0 Å². The van der Waals surface area contributed by atoms with Crippen LogP contribution in [0.5, 0.6) is 0 Å². The van der Waals surface area contributed by atoms with Gasteiger partial charge in [0.1, 0.15) is 11.6 Å². The topological polar surface area (TPSA) is 0 Å². The van der Waals surface area contributed by atoms with Crippen molar-refractivity contribution in [3.63, 3.8) is 0 Å². The van der Waals surface area contributed by atoms with E-state index in [0.717, 1.165) is 42.7 Å². The molecule has 0 aliphatic heterocycles. The molecule has 1 fully saturated rings. The van der Waals surface area contributed by atoms with Gasteiger partial charge in [0.05, 0.1) is 0 Å². The molecule has 1 unspecified atom stereocenters. The highest BCUT2D eigenvalue weighted by Crippen LogP contribution is 2.41. The molecule has 0 N–H and O–H groups in total. The smallest absolute Gasteiger partial charge is 0.159 e. The van der Waals surface area contributed by atoms with Gasteiger partial charge in [-0.25, -0.2) is 17.6 Å². The van der Waals surface area contributed by atoms with Crippen molar-refractivity contribution in [1.29, 1.82) is 0 Å². The molecule has 1 saturated carbocycles. The van der Waals surface area contributed by atoms with Gasteiger partial charge in [-0.05, 0) is 104 Å². The average molecular weight is 461 g/mol. The van der Waals surface area contributed by atoms with Crippen LogP contribution in [0.15, 0.2) is 24.3 Å². The average Bonchev–Trinajstić information content (AvgIpc) is 2.80. The first-order valence-electron chi connectivity index (χ1n) is 12.9. The number of halogens is 4. The van der Waals surface area contributed by atoms with Crippen molar-refractivity contribution in [2.24, 2.45) is 5.92 Å². The largest absolute Gasteiger partial charge is 0.207 e. The first-order valence-corrected chi connectivity index (χ1v) is 12.9. The van der Waals surface area contributed by atoms with E-state index in [1.54, 1.807) is 0 Å². The van der Waals surface area contributed by atoms with Gasteiger partial charge >= 0.3 is 0 Å². The van der Waals surface area contributed by atoms with E-state index in [4.69, 9.17) is 0 Å². The van der Waals surface area contributed by atoms with Gasteiger partial charge in [0.2, 0.25) is 0 Å². The van der Waals surface area contributed by atoms with Crippen molar-refractivity contribution < 1.29 is 17.6 Å². The molecule has 180 valence electrons. The highest BCUT2D eigenvalue weighted by Gasteiger charge is 2.29. The fraction of sp³-hybridized carbons (Fsp3) is 0.586. The Morgan fingerprint density at radius 1 is 0.667 bits per heavy atom. The molecule has 0 heterocycles. The van der Waals surface area contributed by atoms with Crippen LogP contribution in [0.1, 0.15) is 112 Å². The quantitative estimate of drug-likeness (QED) is 0.272.